The molecule has 0 aromatic heterocycles. The summed E-state index contributed by atoms with van der Waals surface area (Å²) in [6, 6.07) is 31.1. The standard InChI is InChI=1S/C24H28OP/c1-3-19-26(22-14-7-5-8-15-22,23-16-9-6-10-17-23)24-18-12-11-13-21(24)20-25-4-2/h5-18H,3-4,19-20H2,1-2H3/q+1. The molecule has 0 unspecified atom stereocenters. The summed E-state index contributed by atoms with van der Waals surface area (Å²) < 4.78 is 5.82. The Labute approximate surface area is 158 Å². The average Bonchev–Trinajstić information content (AvgIpc) is 2.72. The molecule has 0 heterocycles. The van der Waals surface area contributed by atoms with Crippen molar-refractivity contribution in [3.63, 3.8) is 0 Å². The minimum absolute atomic E-state index is 0.678. The second-order valence-corrected chi connectivity index (χ2v) is 10.1. The highest BCUT2D eigenvalue weighted by atomic mass is 31.2. The molecular formula is C24H28OP+. The van der Waals surface area contributed by atoms with Crippen LogP contribution < -0.4 is 15.9 Å². The fourth-order valence-corrected chi connectivity index (χ4v) is 8.34. The quantitative estimate of drug-likeness (QED) is 0.516. The highest BCUT2D eigenvalue weighted by Crippen LogP contribution is 2.56. The minimum atomic E-state index is -1.71. The first kappa shape index (κ1) is 18.8. The van der Waals surface area contributed by atoms with Gasteiger partial charge in [0.25, 0.3) is 0 Å². The molecule has 0 amide bonds. The Morgan fingerprint density at radius 1 is 0.692 bits per heavy atom. The molecule has 26 heavy (non-hydrogen) atoms. The fourth-order valence-electron chi connectivity index (χ4n) is 3.72. The number of ether oxygens (including phenoxy) is 1. The van der Waals surface area contributed by atoms with Gasteiger partial charge >= 0.3 is 0 Å². The second-order valence-electron chi connectivity index (χ2n) is 6.47. The van der Waals surface area contributed by atoms with Crippen molar-refractivity contribution in [1.82, 2.24) is 0 Å². The largest absolute Gasteiger partial charge is 0.377 e. The molecule has 3 aromatic rings. The van der Waals surface area contributed by atoms with Crippen LogP contribution in [0.3, 0.4) is 0 Å². The Morgan fingerprint density at radius 2 is 1.23 bits per heavy atom. The highest BCUT2D eigenvalue weighted by Gasteiger charge is 2.45. The number of hydrogen-bond donors (Lipinski definition) is 0. The minimum Gasteiger partial charge on any atom is -0.377 e. The summed E-state index contributed by atoms with van der Waals surface area (Å²) in [5, 5.41) is 4.38. The first-order chi connectivity index (χ1) is 12.8. The van der Waals surface area contributed by atoms with E-state index in [1.54, 1.807) is 0 Å². The van der Waals surface area contributed by atoms with Gasteiger partial charge in [-0.2, -0.15) is 0 Å². The zero-order valence-electron chi connectivity index (χ0n) is 15.8. The van der Waals surface area contributed by atoms with Gasteiger partial charge in [-0.3, -0.25) is 0 Å². The predicted molar refractivity (Wildman–Crippen MR) is 116 cm³/mol. The smallest absolute Gasteiger partial charge is 0.112 e. The van der Waals surface area contributed by atoms with Crippen LogP contribution in [0.2, 0.25) is 0 Å². The summed E-state index contributed by atoms with van der Waals surface area (Å²) in [4.78, 5) is 0. The van der Waals surface area contributed by atoms with Gasteiger partial charge in [-0.05, 0) is 43.7 Å². The Balaban J connectivity index is 2.28. The van der Waals surface area contributed by atoms with Crippen LogP contribution in [0.4, 0.5) is 0 Å². The normalized spacial score (nSPS) is 11.5. The predicted octanol–water partition coefficient (Wildman–Crippen LogP) is 4.93. The molecule has 3 rings (SSSR count). The van der Waals surface area contributed by atoms with Crippen LogP contribution in [0.25, 0.3) is 0 Å². The van der Waals surface area contributed by atoms with E-state index in [1.165, 1.54) is 27.6 Å². The maximum absolute atomic E-state index is 5.82. The van der Waals surface area contributed by atoms with Crippen LogP contribution in [0, 0.1) is 0 Å². The lowest BCUT2D eigenvalue weighted by Gasteiger charge is -2.29. The summed E-state index contributed by atoms with van der Waals surface area (Å²) in [6.45, 7) is 5.78. The zero-order valence-corrected chi connectivity index (χ0v) is 16.7. The van der Waals surface area contributed by atoms with Crippen molar-refractivity contribution in [1.29, 1.82) is 0 Å². The molecule has 134 valence electrons. The summed E-state index contributed by atoms with van der Waals surface area (Å²) in [5.74, 6) is 0. The molecule has 3 aromatic carbocycles. The number of rotatable bonds is 8. The molecule has 2 heteroatoms. The van der Waals surface area contributed by atoms with Gasteiger partial charge in [-0.15, -0.1) is 0 Å². The van der Waals surface area contributed by atoms with Gasteiger partial charge < -0.3 is 4.74 Å². The van der Waals surface area contributed by atoms with Gasteiger partial charge in [0.05, 0.1) is 12.8 Å². The van der Waals surface area contributed by atoms with Crippen molar-refractivity contribution < 1.29 is 4.74 Å². The zero-order chi connectivity index (χ0) is 18.2. The van der Waals surface area contributed by atoms with E-state index in [0.29, 0.717) is 6.61 Å². The SMILES string of the molecule is CCC[P+](c1ccccc1)(c1ccccc1)c1ccccc1COCC. The van der Waals surface area contributed by atoms with Crippen LogP contribution in [-0.2, 0) is 11.3 Å². The third kappa shape index (κ3) is 3.75. The van der Waals surface area contributed by atoms with Gasteiger partial charge in [0.15, 0.2) is 0 Å². The van der Waals surface area contributed by atoms with E-state index in [4.69, 9.17) is 4.74 Å². The van der Waals surface area contributed by atoms with Crippen molar-refractivity contribution in [2.45, 2.75) is 26.9 Å². The lowest BCUT2D eigenvalue weighted by Crippen LogP contribution is -2.35. The lowest BCUT2D eigenvalue weighted by atomic mass is 10.2. The maximum atomic E-state index is 5.82. The van der Waals surface area contributed by atoms with Gasteiger partial charge in [-0.25, -0.2) is 0 Å². The first-order valence-electron chi connectivity index (χ1n) is 9.48. The fraction of sp³-hybridized carbons (Fsp3) is 0.250. The average molecular weight is 363 g/mol. The summed E-state index contributed by atoms with van der Waals surface area (Å²) in [5.41, 5.74) is 1.32. The van der Waals surface area contributed by atoms with Crippen LogP contribution in [0.15, 0.2) is 84.9 Å². The van der Waals surface area contributed by atoms with Gasteiger partial charge in [-0.1, -0.05) is 61.5 Å². The van der Waals surface area contributed by atoms with Crippen molar-refractivity contribution >= 4 is 23.2 Å². The molecule has 0 N–H and O–H groups in total. The molecule has 0 aliphatic rings. The van der Waals surface area contributed by atoms with E-state index < -0.39 is 7.26 Å². The van der Waals surface area contributed by atoms with Gasteiger partial charge in [0.1, 0.15) is 23.2 Å². The number of hydrogen-bond acceptors (Lipinski definition) is 1. The van der Waals surface area contributed by atoms with Crippen LogP contribution >= 0.6 is 7.26 Å². The molecule has 0 bridgehead atoms. The monoisotopic (exact) mass is 363 g/mol. The second kappa shape index (κ2) is 9.12. The lowest BCUT2D eigenvalue weighted by molar-refractivity contribution is 0.134. The Morgan fingerprint density at radius 3 is 1.77 bits per heavy atom. The van der Waals surface area contributed by atoms with E-state index in [9.17, 15) is 0 Å². The topological polar surface area (TPSA) is 9.23 Å². The molecule has 0 fully saturated rings. The molecule has 0 saturated heterocycles. The van der Waals surface area contributed by atoms with Crippen molar-refractivity contribution in [3.8, 4) is 0 Å². The van der Waals surface area contributed by atoms with Crippen molar-refractivity contribution in [2.24, 2.45) is 0 Å². The maximum Gasteiger partial charge on any atom is 0.112 e. The van der Waals surface area contributed by atoms with Crippen LogP contribution in [-0.4, -0.2) is 12.8 Å². The van der Waals surface area contributed by atoms with E-state index >= 15 is 0 Å². The highest BCUT2D eigenvalue weighted by molar-refractivity contribution is 7.95. The van der Waals surface area contributed by atoms with E-state index in [-0.39, 0.29) is 0 Å². The molecule has 0 atom stereocenters. The van der Waals surface area contributed by atoms with Gasteiger partial charge in [0.2, 0.25) is 0 Å². The third-order valence-corrected chi connectivity index (χ3v) is 9.55. The summed E-state index contributed by atoms with van der Waals surface area (Å²) >= 11 is 0. The van der Waals surface area contributed by atoms with Crippen LogP contribution in [0.5, 0.6) is 0 Å². The van der Waals surface area contributed by atoms with E-state index in [0.717, 1.165) is 13.0 Å². The molecule has 0 aliphatic heterocycles. The molecule has 0 spiro atoms. The van der Waals surface area contributed by atoms with Crippen LogP contribution in [0.1, 0.15) is 25.8 Å². The molecular weight excluding hydrogens is 335 g/mol. The Hall–Kier alpha value is -1.95. The first-order valence-corrected chi connectivity index (χ1v) is 11.5. The Bertz CT molecular complexity index is 759. The van der Waals surface area contributed by atoms with Crippen molar-refractivity contribution in [2.75, 3.05) is 12.8 Å². The van der Waals surface area contributed by atoms with E-state index in [2.05, 4.69) is 98.8 Å². The van der Waals surface area contributed by atoms with Gasteiger partial charge in [0, 0.05) is 12.2 Å². The summed E-state index contributed by atoms with van der Waals surface area (Å²) in [7, 11) is -1.71. The third-order valence-electron chi connectivity index (χ3n) is 4.82. The van der Waals surface area contributed by atoms with Crippen molar-refractivity contribution in [3.05, 3.63) is 90.5 Å². The van der Waals surface area contributed by atoms with E-state index in [1.807, 2.05) is 0 Å². The number of benzene rings is 3. The summed E-state index contributed by atoms with van der Waals surface area (Å²) in [6.07, 6.45) is 2.32. The molecule has 0 saturated carbocycles. The molecule has 1 nitrogen and oxygen atoms in total. The Kier molecular flexibility index (Phi) is 6.61. The molecule has 0 radical (unpaired) electrons. The molecule has 0 aliphatic carbocycles.